The summed E-state index contributed by atoms with van der Waals surface area (Å²) in [4.78, 5) is 13.3. The molecule has 0 aliphatic carbocycles. The van der Waals surface area contributed by atoms with Crippen molar-refractivity contribution in [1.82, 2.24) is 4.98 Å². The molecule has 0 aliphatic heterocycles. The van der Waals surface area contributed by atoms with Gasteiger partial charge in [0.2, 0.25) is 0 Å². The van der Waals surface area contributed by atoms with Crippen LogP contribution in [0.1, 0.15) is 0 Å². The lowest BCUT2D eigenvalue weighted by Crippen LogP contribution is -2.04. The standard InChI is InChI=1S/C11H8N2O5S/c14-13(15)11-9(8-3-2-6-12-7-8)4-1-5-10(11)19(16,17)18/h1-7H,(H,16,17,18). The minimum Gasteiger partial charge on any atom is -0.282 e. The number of nitro groups is 1. The van der Waals surface area contributed by atoms with Gasteiger partial charge in [0.1, 0.15) is 0 Å². The molecule has 7 nitrogen and oxygen atoms in total. The van der Waals surface area contributed by atoms with Crippen LogP contribution >= 0.6 is 0 Å². The van der Waals surface area contributed by atoms with Crippen LogP contribution in [0.3, 0.4) is 0 Å². The first-order valence-corrected chi connectivity index (χ1v) is 6.50. The van der Waals surface area contributed by atoms with E-state index in [1.165, 1.54) is 24.5 Å². The van der Waals surface area contributed by atoms with Gasteiger partial charge in [0.15, 0.2) is 4.90 Å². The second-order valence-corrected chi connectivity index (χ2v) is 5.02. The van der Waals surface area contributed by atoms with Crippen molar-refractivity contribution in [3.63, 3.8) is 0 Å². The molecular weight excluding hydrogens is 272 g/mol. The van der Waals surface area contributed by atoms with Crippen LogP contribution in [0.25, 0.3) is 11.1 Å². The van der Waals surface area contributed by atoms with Crippen LogP contribution in [0, 0.1) is 10.1 Å². The smallest absolute Gasteiger partial charge is 0.282 e. The van der Waals surface area contributed by atoms with Crippen molar-refractivity contribution in [1.29, 1.82) is 0 Å². The summed E-state index contributed by atoms with van der Waals surface area (Å²) >= 11 is 0. The molecule has 1 heterocycles. The van der Waals surface area contributed by atoms with E-state index < -0.39 is 25.6 Å². The molecule has 98 valence electrons. The topological polar surface area (TPSA) is 110 Å². The first-order valence-electron chi connectivity index (χ1n) is 5.06. The van der Waals surface area contributed by atoms with Crippen molar-refractivity contribution in [2.45, 2.75) is 4.90 Å². The molecule has 0 aliphatic rings. The molecule has 0 atom stereocenters. The Bertz CT molecular complexity index is 728. The van der Waals surface area contributed by atoms with E-state index in [1.54, 1.807) is 12.1 Å². The molecule has 8 heteroatoms. The summed E-state index contributed by atoms with van der Waals surface area (Å²) in [6.07, 6.45) is 2.86. The average Bonchev–Trinajstić information content (AvgIpc) is 2.37. The molecule has 0 saturated carbocycles. The number of rotatable bonds is 3. The molecule has 1 aromatic carbocycles. The van der Waals surface area contributed by atoms with Gasteiger partial charge in [0.05, 0.1) is 10.5 Å². The fraction of sp³-hybridized carbons (Fsp3) is 0. The van der Waals surface area contributed by atoms with E-state index in [4.69, 9.17) is 4.55 Å². The highest BCUT2D eigenvalue weighted by Gasteiger charge is 2.28. The Kier molecular flexibility index (Phi) is 3.28. The lowest BCUT2D eigenvalue weighted by molar-refractivity contribution is -0.387. The number of hydrogen-bond donors (Lipinski definition) is 1. The predicted octanol–water partition coefficient (Wildman–Crippen LogP) is 1.90. The maximum Gasteiger partial charge on any atom is 0.301 e. The summed E-state index contributed by atoms with van der Waals surface area (Å²) in [5, 5.41) is 11.1. The summed E-state index contributed by atoms with van der Waals surface area (Å²) in [6.45, 7) is 0. The number of pyridine rings is 1. The van der Waals surface area contributed by atoms with Crippen LogP contribution in [0.15, 0.2) is 47.6 Å². The highest BCUT2D eigenvalue weighted by Crippen LogP contribution is 2.34. The van der Waals surface area contributed by atoms with Crippen molar-refractivity contribution < 1.29 is 17.9 Å². The molecule has 0 fully saturated rings. The van der Waals surface area contributed by atoms with Gasteiger partial charge in [-0.2, -0.15) is 8.42 Å². The molecule has 0 saturated heterocycles. The van der Waals surface area contributed by atoms with Crippen LogP contribution in [0.4, 0.5) is 5.69 Å². The second kappa shape index (κ2) is 4.75. The third-order valence-electron chi connectivity index (χ3n) is 2.43. The van der Waals surface area contributed by atoms with E-state index in [0.717, 1.165) is 6.07 Å². The van der Waals surface area contributed by atoms with Gasteiger partial charge in [-0.3, -0.25) is 19.7 Å². The van der Waals surface area contributed by atoms with Crippen molar-refractivity contribution >= 4 is 15.8 Å². The molecule has 0 spiro atoms. The Balaban J connectivity index is 2.80. The Hall–Kier alpha value is -2.32. The maximum atomic E-state index is 11.2. The highest BCUT2D eigenvalue weighted by molar-refractivity contribution is 7.86. The zero-order valence-electron chi connectivity index (χ0n) is 9.42. The van der Waals surface area contributed by atoms with E-state index in [2.05, 4.69) is 4.98 Å². The van der Waals surface area contributed by atoms with Gasteiger partial charge in [0, 0.05) is 18.0 Å². The second-order valence-electron chi connectivity index (χ2n) is 3.63. The van der Waals surface area contributed by atoms with Gasteiger partial charge in [-0.15, -0.1) is 0 Å². The van der Waals surface area contributed by atoms with Crippen LogP contribution in [0.2, 0.25) is 0 Å². The van der Waals surface area contributed by atoms with Gasteiger partial charge in [-0.1, -0.05) is 12.1 Å². The number of nitro benzene ring substituents is 1. The lowest BCUT2D eigenvalue weighted by Gasteiger charge is -2.05. The molecule has 0 amide bonds. The van der Waals surface area contributed by atoms with E-state index >= 15 is 0 Å². The zero-order chi connectivity index (χ0) is 14.0. The number of benzene rings is 1. The molecular formula is C11H8N2O5S. The largest absolute Gasteiger partial charge is 0.301 e. The Labute approximate surface area is 108 Å². The number of hydrogen-bond acceptors (Lipinski definition) is 5. The van der Waals surface area contributed by atoms with Gasteiger partial charge in [-0.05, 0) is 18.2 Å². The average molecular weight is 280 g/mol. The van der Waals surface area contributed by atoms with E-state index in [1.807, 2.05) is 0 Å². The number of nitrogens with zero attached hydrogens (tertiary/aromatic N) is 2. The fourth-order valence-electron chi connectivity index (χ4n) is 1.67. The molecule has 19 heavy (non-hydrogen) atoms. The summed E-state index contributed by atoms with van der Waals surface area (Å²) in [5.74, 6) is 0. The quantitative estimate of drug-likeness (QED) is 0.522. The SMILES string of the molecule is O=[N+]([O-])c1c(-c2cccnc2)cccc1S(=O)(=O)O. The summed E-state index contributed by atoms with van der Waals surface area (Å²) in [5.41, 5.74) is -0.203. The van der Waals surface area contributed by atoms with Crippen molar-refractivity contribution in [2.75, 3.05) is 0 Å². The predicted molar refractivity (Wildman–Crippen MR) is 66.1 cm³/mol. The number of aromatic nitrogens is 1. The van der Waals surface area contributed by atoms with Crippen molar-refractivity contribution in [2.24, 2.45) is 0 Å². The first-order chi connectivity index (χ1) is 8.91. The normalized spacial score (nSPS) is 11.2. The van der Waals surface area contributed by atoms with Crippen molar-refractivity contribution in [3.8, 4) is 11.1 Å². The minimum atomic E-state index is -4.67. The molecule has 2 rings (SSSR count). The maximum absolute atomic E-state index is 11.2. The molecule has 0 radical (unpaired) electrons. The fourth-order valence-corrected chi connectivity index (χ4v) is 2.35. The zero-order valence-corrected chi connectivity index (χ0v) is 10.2. The molecule has 0 bridgehead atoms. The van der Waals surface area contributed by atoms with E-state index in [9.17, 15) is 18.5 Å². The highest BCUT2D eigenvalue weighted by atomic mass is 32.2. The third kappa shape index (κ3) is 2.59. The van der Waals surface area contributed by atoms with Gasteiger partial charge >= 0.3 is 10.1 Å². The molecule has 0 unspecified atom stereocenters. The van der Waals surface area contributed by atoms with E-state index in [0.29, 0.717) is 5.56 Å². The lowest BCUT2D eigenvalue weighted by atomic mass is 10.1. The van der Waals surface area contributed by atoms with Gasteiger partial charge in [-0.25, -0.2) is 0 Å². The van der Waals surface area contributed by atoms with Crippen molar-refractivity contribution in [3.05, 3.63) is 52.8 Å². The third-order valence-corrected chi connectivity index (χ3v) is 3.32. The van der Waals surface area contributed by atoms with Crippen LogP contribution in [-0.2, 0) is 10.1 Å². The first kappa shape index (κ1) is 13.1. The van der Waals surface area contributed by atoms with Gasteiger partial charge in [0.25, 0.3) is 5.69 Å². The summed E-state index contributed by atoms with van der Waals surface area (Å²) < 4.78 is 31.4. The van der Waals surface area contributed by atoms with E-state index in [-0.39, 0.29) is 5.56 Å². The van der Waals surface area contributed by atoms with Gasteiger partial charge < -0.3 is 0 Å². The van der Waals surface area contributed by atoms with Crippen LogP contribution < -0.4 is 0 Å². The Morgan fingerprint density at radius 1 is 1.21 bits per heavy atom. The minimum absolute atomic E-state index is 0.0771. The number of para-hydroxylation sites is 1. The summed E-state index contributed by atoms with van der Waals surface area (Å²) in [6, 6.07) is 6.82. The molecule has 1 aromatic heterocycles. The summed E-state index contributed by atoms with van der Waals surface area (Å²) in [7, 11) is -4.67. The Morgan fingerprint density at radius 2 is 1.95 bits per heavy atom. The monoisotopic (exact) mass is 280 g/mol. The Morgan fingerprint density at radius 3 is 2.47 bits per heavy atom. The van der Waals surface area contributed by atoms with Crippen LogP contribution in [-0.4, -0.2) is 22.9 Å². The molecule has 2 aromatic rings. The van der Waals surface area contributed by atoms with Crippen LogP contribution in [0.5, 0.6) is 0 Å². The molecule has 1 N–H and O–H groups in total.